The van der Waals surface area contributed by atoms with Crippen LogP contribution >= 0.6 is 15.9 Å². The number of nitrogens with one attached hydrogen (secondary N) is 1. The Morgan fingerprint density at radius 2 is 1.83 bits per heavy atom. The number of carbonyl (C=O) groups is 2. The molecule has 1 atom stereocenters. The summed E-state index contributed by atoms with van der Waals surface area (Å²) in [6.07, 6.45) is 0. The number of amides is 3. The number of halogens is 2. The number of rotatable bonds is 3. The number of hydrogen-bond donors (Lipinski definition) is 1. The van der Waals surface area contributed by atoms with Gasteiger partial charge in [-0.25, -0.2) is 9.18 Å². The summed E-state index contributed by atoms with van der Waals surface area (Å²) in [6, 6.07) is 11.4. The van der Waals surface area contributed by atoms with E-state index in [0.717, 1.165) is 10.5 Å². The third kappa shape index (κ3) is 2.82. The minimum absolute atomic E-state index is 0.106. The van der Waals surface area contributed by atoms with Crippen LogP contribution in [0.5, 0.6) is 0 Å². The third-order valence-corrected chi connectivity index (χ3v) is 4.74. The summed E-state index contributed by atoms with van der Waals surface area (Å²) in [4.78, 5) is 26.1. The SMILES string of the molecule is Cc1ccc([C@@]2(C)NC(=O)N(Cc3ccc(Br)cc3F)C2=O)cc1. The molecule has 1 aliphatic rings. The van der Waals surface area contributed by atoms with Crippen molar-refractivity contribution in [1.82, 2.24) is 10.2 Å². The van der Waals surface area contributed by atoms with E-state index in [4.69, 9.17) is 0 Å². The molecular weight excluding hydrogens is 375 g/mol. The van der Waals surface area contributed by atoms with Crippen LogP contribution in [-0.4, -0.2) is 16.8 Å². The summed E-state index contributed by atoms with van der Waals surface area (Å²) in [6.45, 7) is 3.50. The summed E-state index contributed by atoms with van der Waals surface area (Å²) in [5, 5.41) is 2.72. The van der Waals surface area contributed by atoms with E-state index in [2.05, 4.69) is 21.2 Å². The Morgan fingerprint density at radius 1 is 1.17 bits per heavy atom. The van der Waals surface area contributed by atoms with Crippen molar-refractivity contribution in [1.29, 1.82) is 0 Å². The number of benzene rings is 2. The van der Waals surface area contributed by atoms with Crippen LogP contribution in [0.3, 0.4) is 0 Å². The molecule has 0 radical (unpaired) electrons. The quantitative estimate of drug-likeness (QED) is 0.808. The lowest BCUT2D eigenvalue weighted by molar-refractivity contribution is -0.131. The van der Waals surface area contributed by atoms with E-state index < -0.39 is 23.3 Å². The van der Waals surface area contributed by atoms with Crippen LogP contribution in [0, 0.1) is 12.7 Å². The lowest BCUT2D eigenvalue weighted by atomic mass is 9.91. The van der Waals surface area contributed by atoms with Crippen LogP contribution in [-0.2, 0) is 16.9 Å². The Bertz CT molecular complexity index is 822. The fourth-order valence-corrected chi connectivity index (χ4v) is 3.08. The molecule has 1 saturated heterocycles. The van der Waals surface area contributed by atoms with E-state index in [0.29, 0.717) is 10.0 Å². The van der Waals surface area contributed by atoms with E-state index in [-0.39, 0.29) is 12.1 Å². The van der Waals surface area contributed by atoms with Crippen LogP contribution in [0.2, 0.25) is 0 Å². The zero-order valence-corrected chi connectivity index (χ0v) is 14.9. The molecule has 3 amide bonds. The monoisotopic (exact) mass is 390 g/mol. The van der Waals surface area contributed by atoms with Crippen molar-refractivity contribution >= 4 is 27.9 Å². The van der Waals surface area contributed by atoms with Gasteiger partial charge in [0.1, 0.15) is 11.4 Å². The molecule has 0 bridgehead atoms. The maximum absolute atomic E-state index is 14.0. The normalized spacial score (nSPS) is 20.4. The van der Waals surface area contributed by atoms with Crippen molar-refractivity contribution < 1.29 is 14.0 Å². The second-order valence-electron chi connectivity index (χ2n) is 6.05. The minimum Gasteiger partial charge on any atom is -0.319 e. The van der Waals surface area contributed by atoms with Crippen molar-refractivity contribution in [2.24, 2.45) is 0 Å². The van der Waals surface area contributed by atoms with Gasteiger partial charge in [-0.3, -0.25) is 9.69 Å². The predicted octanol–water partition coefficient (Wildman–Crippen LogP) is 3.86. The average Bonchev–Trinajstić information content (AvgIpc) is 2.74. The number of aryl methyl sites for hydroxylation is 1. The Labute approximate surface area is 147 Å². The molecule has 2 aromatic carbocycles. The maximum atomic E-state index is 14.0. The Morgan fingerprint density at radius 3 is 2.46 bits per heavy atom. The van der Waals surface area contributed by atoms with Crippen LogP contribution in [0.15, 0.2) is 46.9 Å². The third-order valence-electron chi connectivity index (χ3n) is 4.25. The van der Waals surface area contributed by atoms with Gasteiger partial charge < -0.3 is 5.32 Å². The fraction of sp³-hybridized carbons (Fsp3) is 0.222. The minimum atomic E-state index is -1.14. The second-order valence-corrected chi connectivity index (χ2v) is 6.96. The Kier molecular flexibility index (Phi) is 4.17. The smallest absolute Gasteiger partial charge is 0.319 e. The molecule has 0 spiro atoms. The van der Waals surface area contributed by atoms with Crippen molar-refractivity contribution in [3.63, 3.8) is 0 Å². The van der Waals surface area contributed by atoms with Gasteiger partial charge in [-0.15, -0.1) is 0 Å². The summed E-state index contributed by atoms with van der Waals surface area (Å²) >= 11 is 3.19. The molecule has 3 rings (SSSR count). The number of nitrogens with zero attached hydrogens (tertiary/aromatic N) is 1. The highest BCUT2D eigenvalue weighted by Gasteiger charge is 2.48. The largest absolute Gasteiger partial charge is 0.325 e. The summed E-state index contributed by atoms with van der Waals surface area (Å²) in [7, 11) is 0. The van der Waals surface area contributed by atoms with E-state index in [9.17, 15) is 14.0 Å². The first-order valence-electron chi connectivity index (χ1n) is 7.46. The zero-order valence-electron chi connectivity index (χ0n) is 13.3. The van der Waals surface area contributed by atoms with Crippen LogP contribution in [0.25, 0.3) is 0 Å². The molecule has 0 aromatic heterocycles. The maximum Gasteiger partial charge on any atom is 0.325 e. The van der Waals surface area contributed by atoms with Gasteiger partial charge >= 0.3 is 6.03 Å². The number of urea groups is 1. The molecule has 1 N–H and O–H groups in total. The molecule has 0 aliphatic carbocycles. The molecule has 1 aliphatic heterocycles. The zero-order chi connectivity index (χ0) is 17.5. The van der Waals surface area contributed by atoms with Gasteiger partial charge in [0.2, 0.25) is 0 Å². The molecule has 0 saturated carbocycles. The van der Waals surface area contributed by atoms with E-state index in [1.807, 2.05) is 31.2 Å². The van der Waals surface area contributed by atoms with Crippen LogP contribution in [0.4, 0.5) is 9.18 Å². The van der Waals surface area contributed by atoms with Crippen molar-refractivity contribution in [2.75, 3.05) is 0 Å². The van der Waals surface area contributed by atoms with Gasteiger partial charge in [0.15, 0.2) is 0 Å². The standard InChI is InChI=1S/C18H16BrFN2O2/c1-11-3-6-13(7-4-11)18(2)16(23)22(17(24)21-18)10-12-5-8-14(19)9-15(12)20/h3-9H,10H2,1-2H3,(H,21,24)/t18-/m1/s1. The van der Waals surface area contributed by atoms with E-state index in [1.54, 1.807) is 19.1 Å². The lowest BCUT2D eigenvalue weighted by Gasteiger charge is -2.22. The topological polar surface area (TPSA) is 49.4 Å². The molecule has 6 heteroatoms. The van der Waals surface area contributed by atoms with Crippen LogP contribution < -0.4 is 5.32 Å². The van der Waals surface area contributed by atoms with E-state index in [1.165, 1.54) is 6.07 Å². The average molecular weight is 391 g/mol. The molecular formula is C18H16BrFN2O2. The number of imide groups is 1. The summed E-state index contributed by atoms with van der Waals surface area (Å²) in [5.41, 5.74) is 0.907. The van der Waals surface area contributed by atoms with Crippen molar-refractivity contribution in [3.05, 3.63) is 69.4 Å². The summed E-state index contributed by atoms with van der Waals surface area (Å²) in [5.74, 6) is -0.854. The Balaban J connectivity index is 1.90. The highest BCUT2D eigenvalue weighted by Crippen LogP contribution is 2.30. The first kappa shape index (κ1) is 16.6. The van der Waals surface area contributed by atoms with Gasteiger partial charge in [-0.05, 0) is 31.5 Å². The molecule has 4 nitrogen and oxygen atoms in total. The highest BCUT2D eigenvalue weighted by molar-refractivity contribution is 9.10. The lowest BCUT2D eigenvalue weighted by Crippen LogP contribution is -2.40. The van der Waals surface area contributed by atoms with E-state index >= 15 is 0 Å². The van der Waals surface area contributed by atoms with Gasteiger partial charge in [0.25, 0.3) is 5.91 Å². The van der Waals surface area contributed by atoms with Gasteiger partial charge in [-0.2, -0.15) is 0 Å². The van der Waals surface area contributed by atoms with Gasteiger partial charge in [-0.1, -0.05) is 51.8 Å². The molecule has 2 aromatic rings. The van der Waals surface area contributed by atoms with Crippen molar-refractivity contribution in [2.45, 2.75) is 25.9 Å². The molecule has 1 heterocycles. The first-order valence-corrected chi connectivity index (χ1v) is 8.26. The fourth-order valence-electron chi connectivity index (χ4n) is 2.74. The number of carbonyl (C=O) groups excluding carboxylic acids is 2. The van der Waals surface area contributed by atoms with Crippen LogP contribution in [0.1, 0.15) is 23.6 Å². The van der Waals surface area contributed by atoms with Crippen molar-refractivity contribution in [3.8, 4) is 0 Å². The van der Waals surface area contributed by atoms with Gasteiger partial charge in [0.05, 0.1) is 6.54 Å². The molecule has 1 fully saturated rings. The predicted molar refractivity (Wildman–Crippen MR) is 91.7 cm³/mol. The summed E-state index contributed by atoms with van der Waals surface area (Å²) < 4.78 is 14.6. The Hall–Kier alpha value is -2.21. The molecule has 0 unspecified atom stereocenters. The molecule has 24 heavy (non-hydrogen) atoms. The number of hydrogen-bond acceptors (Lipinski definition) is 2. The highest BCUT2D eigenvalue weighted by atomic mass is 79.9. The van der Waals surface area contributed by atoms with Gasteiger partial charge in [0, 0.05) is 10.0 Å². The molecule has 124 valence electrons. The first-order chi connectivity index (χ1) is 11.3. The second kappa shape index (κ2) is 6.02.